The molecule has 0 aromatic heterocycles. The first-order chi connectivity index (χ1) is 6.18. The van der Waals surface area contributed by atoms with Crippen LogP contribution in [0.1, 0.15) is 12.8 Å². The van der Waals surface area contributed by atoms with E-state index in [1.165, 1.54) is 0 Å². The van der Waals surface area contributed by atoms with E-state index in [1.54, 1.807) is 0 Å². The molecule has 0 unspecified atom stereocenters. The maximum atomic E-state index is 11.3. The molecule has 0 saturated carbocycles. The van der Waals surface area contributed by atoms with Gasteiger partial charge in [0.05, 0.1) is 6.54 Å². The standard InChI is InChI=1S/C9H19N3O/c1-12(2)7-9(13)11-8-4-3-5-10-6-8/h8,10H,3-7H2,1-2H3,(H,11,13)/t8-/m1/s1. The fraction of sp³-hybridized carbons (Fsp3) is 0.889. The van der Waals surface area contributed by atoms with Crippen molar-refractivity contribution in [2.24, 2.45) is 0 Å². The fourth-order valence-electron chi connectivity index (χ4n) is 1.54. The first-order valence-corrected chi connectivity index (χ1v) is 4.83. The average molecular weight is 185 g/mol. The quantitative estimate of drug-likeness (QED) is 0.618. The van der Waals surface area contributed by atoms with E-state index >= 15 is 0 Å². The van der Waals surface area contributed by atoms with Gasteiger partial charge < -0.3 is 15.5 Å². The molecule has 4 nitrogen and oxygen atoms in total. The Morgan fingerprint density at radius 1 is 1.62 bits per heavy atom. The molecule has 0 spiro atoms. The highest BCUT2D eigenvalue weighted by atomic mass is 16.2. The summed E-state index contributed by atoms with van der Waals surface area (Å²) in [5.74, 6) is 0.124. The molecule has 1 amide bonds. The minimum atomic E-state index is 0.124. The van der Waals surface area contributed by atoms with Crippen LogP contribution in [0.5, 0.6) is 0 Å². The maximum Gasteiger partial charge on any atom is 0.234 e. The normalized spacial score (nSPS) is 23.2. The summed E-state index contributed by atoms with van der Waals surface area (Å²) < 4.78 is 0. The Kier molecular flexibility index (Phi) is 4.18. The predicted molar refractivity (Wildman–Crippen MR) is 52.6 cm³/mol. The van der Waals surface area contributed by atoms with Crippen LogP contribution < -0.4 is 10.6 Å². The molecule has 0 aromatic rings. The number of piperidine rings is 1. The molecule has 1 aliphatic heterocycles. The number of nitrogens with zero attached hydrogens (tertiary/aromatic N) is 1. The molecule has 1 rings (SSSR count). The van der Waals surface area contributed by atoms with Gasteiger partial charge in [0.2, 0.25) is 5.91 Å². The van der Waals surface area contributed by atoms with E-state index in [9.17, 15) is 4.79 Å². The summed E-state index contributed by atoms with van der Waals surface area (Å²) in [4.78, 5) is 13.2. The van der Waals surface area contributed by atoms with E-state index in [-0.39, 0.29) is 5.91 Å². The molecule has 2 N–H and O–H groups in total. The number of amides is 1. The lowest BCUT2D eigenvalue weighted by molar-refractivity contribution is -0.122. The molecule has 0 bridgehead atoms. The van der Waals surface area contributed by atoms with Crippen LogP contribution >= 0.6 is 0 Å². The maximum absolute atomic E-state index is 11.3. The first-order valence-electron chi connectivity index (χ1n) is 4.83. The van der Waals surface area contributed by atoms with Crippen molar-refractivity contribution in [3.05, 3.63) is 0 Å². The van der Waals surface area contributed by atoms with E-state index in [0.29, 0.717) is 12.6 Å². The minimum Gasteiger partial charge on any atom is -0.351 e. The van der Waals surface area contributed by atoms with Crippen LogP contribution in [0.3, 0.4) is 0 Å². The summed E-state index contributed by atoms with van der Waals surface area (Å²) in [5, 5.41) is 6.27. The highest BCUT2D eigenvalue weighted by molar-refractivity contribution is 5.78. The van der Waals surface area contributed by atoms with E-state index in [1.807, 2.05) is 19.0 Å². The number of hydrogen-bond donors (Lipinski definition) is 2. The molecule has 0 aromatic carbocycles. The Morgan fingerprint density at radius 2 is 2.38 bits per heavy atom. The molecule has 0 aliphatic carbocycles. The van der Waals surface area contributed by atoms with Gasteiger partial charge in [-0.05, 0) is 33.5 Å². The van der Waals surface area contributed by atoms with Gasteiger partial charge in [0.1, 0.15) is 0 Å². The van der Waals surface area contributed by atoms with Crippen molar-refractivity contribution in [3.63, 3.8) is 0 Å². The Hall–Kier alpha value is -0.610. The lowest BCUT2D eigenvalue weighted by atomic mass is 10.1. The Balaban J connectivity index is 2.18. The topological polar surface area (TPSA) is 44.4 Å². The van der Waals surface area contributed by atoms with Gasteiger partial charge in [-0.15, -0.1) is 0 Å². The van der Waals surface area contributed by atoms with Crippen LogP contribution in [0.25, 0.3) is 0 Å². The highest BCUT2D eigenvalue weighted by Crippen LogP contribution is 2.00. The molecule has 13 heavy (non-hydrogen) atoms. The van der Waals surface area contributed by atoms with Crippen molar-refractivity contribution in [1.82, 2.24) is 15.5 Å². The van der Waals surface area contributed by atoms with Crippen molar-refractivity contribution in [3.8, 4) is 0 Å². The zero-order chi connectivity index (χ0) is 9.68. The van der Waals surface area contributed by atoms with E-state index in [4.69, 9.17) is 0 Å². The smallest absolute Gasteiger partial charge is 0.234 e. The summed E-state index contributed by atoms with van der Waals surface area (Å²) in [6.45, 7) is 2.48. The number of hydrogen-bond acceptors (Lipinski definition) is 3. The number of nitrogens with one attached hydrogen (secondary N) is 2. The molecular formula is C9H19N3O. The van der Waals surface area contributed by atoms with E-state index < -0.39 is 0 Å². The van der Waals surface area contributed by atoms with E-state index in [2.05, 4.69) is 10.6 Å². The Labute approximate surface area is 79.7 Å². The number of carbonyl (C=O) groups excluding carboxylic acids is 1. The van der Waals surface area contributed by atoms with Crippen LogP contribution in [0.15, 0.2) is 0 Å². The third-order valence-corrected chi connectivity index (χ3v) is 2.12. The zero-order valence-corrected chi connectivity index (χ0v) is 8.47. The number of carbonyl (C=O) groups is 1. The van der Waals surface area contributed by atoms with Gasteiger partial charge in [-0.2, -0.15) is 0 Å². The summed E-state index contributed by atoms with van der Waals surface area (Å²) in [6, 6.07) is 0.334. The van der Waals surface area contributed by atoms with E-state index in [0.717, 1.165) is 25.9 Å². The molecule has 0 radical (unpaired) electrons. The summed E-state index contributed by atoms with van der Waals surface area (Å²) in [7, 11) is 3.80. The molecule has 1 fully saturated rings. The average Bonchev–Trinajstić information content (AvgIpc) is 2.04. The lowest BCUT2D eigenvalue weighted by Gasteiger charge is -2.24. The van der Waals surface area contributed by atoms with Crippen LogP contribution in [-0.4, -0.2) is 50.6 Å². The predicted octanol–water partition coefficient (Wildman–Crippen LogP) is -0.584. The largest absolute Gasteiger partial charge is 0.351 e. The number of likely N-dealkylation sites (N-methyl/N-ethyl adjacent to an activating group) is 1. The van der Waals surface area contributed by atoms with Crippen LogP contribution in [0.2, 0.25) is 0 Å². The Bertz CT molecular complexity index is 164. The molecule has 1 atom stereocenters. The second-order valence-corrected chi connectivity index (χ2v) is 3.85. The first kappa shape index (κ1) is 10.5. The van der Waals surface area contributed by atoms with Crippen molar-refractivity contribution in [2.75, 3.05) is 33.7 Å². The van der Waals surface area contributed by atoms with Gasteiger partial charge in [0, 0.05) is 12.6 Å². The van der Waals surface area contributed by atoms with Crippen LogP contribution in [0.4, 0.5) is 0 Å². The van der Waals surface area contributed by atoms with Crippen LogP contribution in [-0.2, 0) is 4.79 Å². The van der Waals surface area contributed by atoms with Crippen molar-refractivity contribution in [1.29, 1.82) is 0 Å². The van der Waals surface area contributed by atoms with Crippen LogP contribution in [0, 0.1) is 0 Å². The molecular weight excluding hydrogens is 166 g/mol. The molecule has 76 valence electrons. The van der Waals surface area contributed by atoms with Crippen molar-refractivity contribution in [2.45, 2.75) is 18.9 Å². The second-order valence-electron chi connectivity index (χ2n) is 3.85. The fourth-order valence-corrected chi connectivity index (χ4v) is 1.54. The van der Waals surface area contributed by atoms with Gasteiger partial charge in [-0.25, -0.2) is 0 Å². The lowest BCUT2D eigenvalue weighted by Crippen LogP contribution is -2.47. The summed E-state index contributed by atoms with van der Waals surface area (Å²) in [5.41, 5.74) is 0. The highest BCUT2D eigenvalue weighted by Gasteiger charge is 2.14. The van der Waals surface area contributed by atoms with Gasteiger partial charge >= 0.3 is 0 Å². The monoisotopic (exact) mass is 185 g/mol. The molecule has 1 saturated heterocycles. The Morgan fingerprint density at radius 3 is 2.92 bits per heavy atom. The number of rotatable bonds is 3. The van der Waals surface area contributed by atoms with Gasteiger partial charge in [0.15, 0.2) is 0 Å². The zero-order valence-electron chi connectivity index (χ0n) is 8.47. The van der Waals surface area contributed by atoms with Gasteiger partial charge in [-0.1, -0.05) is 0 Å². The van der Waals surface area contributed by atoms with Crippen molar-refractivity contribution < 1.29 is 4.79 Å². The molecule has 4 heteroatoms. The van der Waals surface area contributed by atoms with Crippen molar-refractivity contribution >= 4 is 5.91 Å². The SMILES string of the molecule is CN(C)CC(=O)N[C@@H]1CCCNC1. The molecule has 1 aliphatic rings. The summed E-state index contributed by atoms with van der Waals surface area (Å²) in [6.07, 6.45) is 2.26. The van der Waals surface area contributed by atoms with Gasteiger partial charge in [-0.3, -0.25) is 4.79 Å². The second kappa shape index (κ2) is 5.19. The van der Waals surface area contributed by atoms with Gasteiger partial charge in [0.25, 0.3) is 0 Å². The third kappa shape index (κ3) is 4.24. The summed E-state index contributed by atoms with van der Waals surface area (Å²) >= 11 is 0. The third-order valence-electron chi connectivity index (χ3n) is 2.12. The minimum absolute atomic E-state index is 0.124. The molecule has 1 heterocycles.